The number of nitro benzene ring substituents is 1. The quantitative estimate of drug-likeness (QED) is 0.0137. The lowest BCUT2D eigenvalue weighted by Gasteiger charge is -2.12. The van der Waals surface area contributed by atoms with Crippen LogP contribution in [0.25, 0.3) is 0 Å². The Morgan fingerprint density at radius 3 is 1.59 bits per heavy atom. The van der Waals surface area contributed by atoms with Crippen LogP contribution in [0.15, 0.2) is 131 Å². The number of anilines is 3. The molecule has 0 bridgehead atoms. The first-order valence-corrected chi connectivity index (χ1v) is 26.5. The van der Waals surface area contributed by atoms with Crippen molar-refractivity contribution in [1.29, 1.82) is 0 Å². The molecule has 32 heteroatoms. The minimum absolute atomic E-state index is 0.00725. The average molecular weight is 1210 g/mol. The minimum Gasteiger partial charge on any atom is -0.369 e. The van der Waals surface area contributed by atoms with Crippen LogP contribution in [-0.4, -0.2) is 68.4 Å². The van der Waals surface area contributed by atoms with Crippen LogP contribution in [0.5, 0.6) is 0 Å². The van der Waals surface area contributed by atoms with E-state index in [1.54, 1.807) is 12.1 Å². The summed E-state index contributed by atoms with van der Waals surface area (Å²) >= 11 is 17.4. The van der Waals surface area contributed by atoms with Crippen molar-refractivity contribution < 1.29 is 67.3 Å². The van der Waals surface area contributed by atoms with Crippen molar-refractivity contribution >= 4 is 101 Å². The number of hydrogen-bond donors (Lipinski definition) is 8. The van der Waals surface area contributed by atoms with E-state index in [2.05, 4.69) is 42.1 Å². The van der Waals surface area contributed by atoms with Gasteiger partial charge in [0.25, 0.3) is 37.5 Å². The molecular weight excluding hydrogens is 1160 g/mol. The Morgan fingerprint density at radius 1 is 0.595 bits per heavy atom. The molecule has 79 heavy (non-hydrogen) atoms. The van der Waals surface area contributed by atoms with Crippen LogP contribution in [0, 0.1) is 10.1 Å². The fraction of sp³-hybridized carbons (Fsp3) is 0.191. The third-order valence-electron chi connectivity index (χ3n) is 10.2. The zero-order valence-electron chi connectivity index (χ0n) is 40.1. The van der Waals surface area contributed by atoms with Crippen LogP contribution >= 0.6 is 34.8 Å². The molecule has 0 aliphatic rings. The van der Waals surface area contributed by atoms with Gasteiger partial charge in [-0.2, -0.15) is 26.3 Å². The summed E-state index contributed by atoms with van der Waals surface area (Å²) in [5.41, 5.74) is 3.08. The number of nitrogens with one attached hydrogen (secondary N) is 8. The number of alkyl halides is 6. The molecule has 6 aromatic rings. The SMILES string of the molecule is O=C(CCCNc1ncc(C(F)(F)F)cc1Cl)NNS(=O)(=O)c1ccc(CNC(=O)c2cccc([N+](=O)[O-])c2)cc1.O=C(CCCNc1ncc(C(F)(F)F)cc1Cl)NNS(=O)(=O)c1cccc(NC(=O)c2ccc(Cl)cc2)c1. The van der Waals surface area contributed by atoms with Crippen LogP contribution < -0.4 is 41.8 Å². The Hall–Kier alpha value is -7.67. The number of rotatable bonds is 22. The number of halogens is 9. The van der Waals surface area contributed by atoms with E-state index < -0.39 is 72.1 Å². The van der Waals surface area contributed by atoms with Gasteiger partial charge in [0.15, 0.2) is 0 Å². The molecule has 0 atom stereocenters. The maximum atomic E-state index is 12.7. The Labute approximate surface area is 460 Å². The molecule has 2 heterocycles. The number of carbonyl (C=O) groups is 4. The fourth-order valence-electron chi connectivity index (χ4n) is 6.23. The van der Waals surface area contributed by atoms with Gasteiger partial charge in [0.2, 0.25) is 11.8 Å². The lowest BCUT2D eigenvalue weighted by molar-refractivity contribution is -0.384. The summed E-state index contributed by atoms with van der Waals surface area (Å²) in [5.74, 6) is -2.32. The van der Waals surface area contributed by atoms with Crippen LogP contribution in [0.2, 0.25) is 15.1 Å². The molecule has 8 N–H and O–H groups in total. The van der Waals surface area contributed by atoms with Gasteiger partial charge in [-0.15, -0.1) is 9.66 Å². The van der Waals surface area contributed by atoms with Gasteiger partial charge < -0.3 is 21.3 Å². The molecule has 0 unspecified atom stereocenters. The monoisotopic (exact) mass is 1200 g/mol. The molecule has 6 rings (SSSR count). The van der Waals surface area contributed by atoms with Crippen molar-refractivity contribution in [3.63, 3.8) is 0 Å². The molecule has 0 saturated carbocycles. The predicted molar refractivity (Wildman–Crippen MR) is 277 cm³/mol. The number of benzene rings is 4. The summed E-state index contributed by atoms with van der Waals surface area (Å²) in [7, 11) is -8.29. The van der Waals surface area contributed by atoms with Crippen LogP contribution in [0.1, 0.15) is 63.1 Å². The lowest BCUT2D eigenvalue weighted by atomic mass is 10.1. The number of non-ortho nitro benzene ring substituents is 1. The van der Waals surface area contributed by atoms with Crippen molar-refractivity contribution in [2.45, 2.75) is 54.4 Å². The van der Waals surface area contributed by atoms with Crippen LogP contribution in [0.4, 0.5) is 49.4 Å². The van der Waals surface area contributed by atoms with E-state index in [1.807, 2.05) is 9.66 Å². The number of hydrazine groups is 2. The molecule has 0 fully saturated rings. The van der Waals surface area contributed by atoms with Gasteiger partial charge in [0, 0.05) is 78.8 Å². The van der Waals surface area contributed by atoms with E-state index >= 15 is 0 Å². The molecule has 21 nitrogen and oxygen atoms in total. The topological polar surface area (TPSA) is 302 Å². The van der Waals surface area contributed by atoms with E-state index in [9.17, 15) is 72.5 Å². The number of pyridine rings is 2. The van der Waals surface area contributed by atoms with Gasteiger partial charge in [0.1, 0.15) is 11.6 Å². The minimum atomic E-state index is -4.59. The summed E-state index contributed by atoms with van der Waals surface area (Å²) in [4.78, 5) is 69.7. The molecule has 0 radical (unpaired) electrons. The van der Waals surface area contributed by atoms with E-state index in [4.69, 9.17) is 34.8 Å². The Kier molecular flexibility index (Phi) is 21.9. The van der Waals surface area contributed by atoms with Crippen molar-refractivity contribution in [1.82, 2.24) is 35.8 Å². The lowest BCUT2D eigenvalue weighted by Crippen LogP contribution is -2.41. The first-order chi connectivity index (χ1) is 37.1. The molecule has 0 saturated heterocycles. The smallest absolute Gasteiger partial charge is 0.369 e. The highest BCUT2D eigenvalue weighted by Crippen LogP contribution is 2.33. The highest BCUT2D eigenvalue weighted by atomic mass is 35.5. The Morgan fingerprint density at radius 2 is 1.10 bits per heavy atom. The molecule has 0 spiro atoms. The normalized spacial score (nSPS) is 11.6. The van der Waals surface area contributed by atoms with E-state index in [0.717, 1.165) is 18.2 Å². The second kappa shape index (κ2) is 27.8. The molecule has 2 aromatic heterocycles. The number of aromatic nitrogens is 2. The van der Waals surface area contributed by atoms with Crippen molar-refractivity contribution in [3.8, 4) is 0 Å². The van der Waals surface area contributed by atoms with Crippen molar-refractivity contribution in [2.24, 2.45) is 0 Å². The molecule has 0 aliphatic heterocycles. The number of hydrogen-bond acceptors (Lipinski definition) is 14. The van der Waals surface area contributed by atoms with Crippen LogP contribution in [-0.2, 0) is 48.5 Å². The van der Waals surface area contributed by atoms with Gasteiger partial charge in [-0.25, -0.2) is 26.8 Å². The number of sulfonamides is 2. The van der Waals surface area contributed by atoms with Gasteiger partial charge in [-0.1, -0.05) is 59.1 Å². The average Bonchev–Trinajstić information content (AvgIpc) is 3.40. The summed E-state index contributed by atoms with van der Waals surface area (Å²) < 4.78 is 126. The van der Waals surface area contributed by atoms with Crippen LogP contribution in [0.3, 0.4) is 0 Å². The third kappa shape index (κ3) is 19.6. The Bertz CT molecular complexity index is 3410. The number of nitro groups is 1. The fourth-order valence-corrected chi connectivity index (χ4v) is 8.58. The summed E-state index contributed by atoms with van der Waals surface area (Å²) in [6.07, 6.45) is -7.78. The van der Waals surface area contributed by atoms with Crippen molar-refractivity contribution in [2.75, 3.05) is 29.0 Å². The zero-order valence-corrected chi connectivity index (χ0v) is 44.0. The maximum absolute atomic E-state index is 12.7. The summed E-state index contributed by atoms with van der Waals surface area (Å²) in [6.45, 7) is 0.276. The predicted octanol–water partition coefficient (Wildman–Crippen LogP) is 8.66. The molecule has 420 valence electrons. The van der Waals surface area contributed by atoms with Gasteiger partial charge in [0.05, 0.1) is 35.9 Å². The highest BCUT2D eigenvalue weighted by Gasteiger charge is 2.32. The summed E-state index contributed by atoms with van der Waals surface area (Å²) in [6, 6.07) is 23.6. The largest absolute Gasteiger partial charge is 0.417 e. The molecule has 4 aromatic carbocycles. The number of nitrogens with zero attached hydrogens (tertiary/aromatic N) is 3. The Balaban J connectivity index is 0.000000291. The maximum Gasteiger partial charge on any atom is 0.417 e. The molecular formula is C47H42Cl3F6N11O10S2. The highest BCUT2D eigenvalue weighted by molar-refractivity contribution is 7.89. The first kappa shape index (κ1) is 62.2. The standard InChI is InChI=1S/C24H22ClF3N6O6S.C23H20Cl2F3N5O4S/c25-20-12-17(24(26,27)28)14-30-22(20)29-10-2-5-21(35)32-33-41(39,40)19-8-6-15(7-9-19)13-31-23(36)16-3-1-4-18(11-16)34(37)38;24-16-8-6-14(7-9-16)22(35)31-17-3-1-4-18(12-17)38(36,37)33-32-20(34)5-2-10-29-21-19(25)11-15(13-30-21)23(26,27)28/h1,3-4,6-9,11-12,14,33H,2,5,10,13H2,(H,29,30)(H,31,36)(H,32,35);1,3-4,6-9,11-13,33H,2,5,10H2,(H,29,30)(H,31,35)(H,32,34). The zero-order chi connectivity index (χ0) is 58.1. The van der Waals surface area contributed by atoms with E-state index in [1.165, 1.54) is 78.9 Å². The van der Waals surface area contributed by atoms with Gasteiger partial charge in [-0.3, -0.25) is 40.1 Å². The number of amides is 4. The third-order valence-corrected chi connectivity index (χ3v) is 13.6. The van der Waals surface area contributed by atoms with Gasteiger partial charge >= 0.3 is 12.4 Å². The van der Waals surface area contributed by atoms with Gasteiger partial charge in [-0.05, 0) is 91.2 Å². The molecule has 4 amide bonds. The van der Waals surface area contributed by atoms with Crippen molar-refractivity contribution in [3.05, 3.63) is 175 Å². The second-order valence-corrected chi connectivity index (χ2v) is 20.7. The number of carbonyl (C=O) groups excluding carboxylic acids is 4. The second-order valence-electron chi connectivity index (χ2n) is 16.1. The van der Waals surface area contributed by atoms with E-state index in [-0.39, 0.29) is 93.7 Å². The summed E-state index contributed by atoms with van der Waals surface area (Å²) in [5, 5.41) is 21.4. The molecule has 0 aliphatic carbocycles. The van der Waals surface area contributed by atoms with E-state index in [0.29, 0.717) is 28.5 Å². The first-order valence-electron chi connectivity index (χ1n) is 22.4.